The fourth-order valence-corrected chi connectivity index (χ4v) is 3.74. The zero-order valence-corrected chi connectivity index (χ0v) is 13.9. The largest absolute Gasteiger partial charge is 0.383 e. The van der Waals surface area contributed by atoms with Gasteiger partial charge in [0.2, 0.25) is 10.0 Å². The average Bonchev–Trinajstić information content (AvgIpc) is 2.41. The van der Waals surface area contributed by atoms with E-state index < -0.39 is 10.0 Å². The first-order valence-corrected chi connectivity index (χ1v) is 9.49. The molecule has 1 fully saturated rings. The molecule has 0 saturated carbocycles. The van der Waals surface area contributed by atoms with Crippen molar-refractivity contribution in [3.63, 3.8) is 0 Å². The van der Waals surface area contributed by atoms with E-state index in [1.807, 2.05) is 0 Å². The predicted molar refractivity (Wildman–Crippen MR) is 82.3 cm³/mol. The first-order chi connectivity index (χ1) is 9.47. The fourth-order valence-electron chi connectivity index (χ4n) is 2.79. The third-order valence-corrected chi connectivity index (χ3v) is 5.19. The number of rotatable bonds is 9. The Morgan fingerprint density at radius 1 is 1.45 bits per heavy atom. The zero-order valence-electron chi connectivity index (χ0n) is 13.1. The Labute approximate surface area is 124 Å². The fraction of sp³-hybridized carbons (Fsp3) is 1.00. The molecule has 20 heavy (non-hydrogen) atoms. The number of ether oxygens (including phenoxy) is 1. The molecule has 1 aliphatic heterocycles. The molecule has 2 atom stereocenters. The monoisotopic (exact) mass is 306 g/mol. The molecule has 1 aliphatic rings. The number of nitrogens with zero attached hydrogens (tertiary/aromatic N) is 1. The van der Waals surface area contributed by atoms with E-state index in [-0.39, 0.29) is 0 Å². The summed E-state index contributed by atoms with van der Waals surface area (Å²) in [5.74, 6) is 0.487. The lowest BCUT2D eigenvalue weighted by Crippen LogP contribution is -2.40. The van der Waals surface area contributed by atoms with Crippen LogP contribution in [0.15, 0.2) is 0 Å². The van der Waals surface area contributed by atoms with Gasteiger partial charge in [-0.3, -0.25) is 0 Å². The van der Waals surface area contributed by atoms with Gasteiger partial charge in [0.25, 0.3) is 0 Å². The van der Waals surface area contributed by atoms with Crippen LogP contribution >= 0.6 is 0 Å². The third-order valence-electron chi connectivity index (χ3n) is 3.92. The smallest absolute Gasteiger partial charge is 0.211 e. The second-order valence-electron chi connectivity index (χ2n) is 5.81. The Morgan fingerprint density at radius 3 is 2.80 bits per heavy atom. The molecule has 0 aromatic heterocycles. The van der Waals surface area contributed by atoms with Crippen LogP contribution in [0.1, 0.15) is 39.0 Å². The molecule has 0 aromatic rings. The van der Waals surface area contributed by atoms with E-state index in [0.717, 1.165) is 45.3 Å². The molecule has 0 bridgehead atoms. The van der Waals surface area contributed by atoms with Crippen LogP contribution < -0.4 is 5.32 Å². The standard InChI is InChI=1S/C14H30N2O3S/c1-4-9-15-14(12-19-2)8-7-13-6-5-10-16(11-13)20(3,17)18/h13-15H,4-12H2,1-3H3. The SMILES string of the molecule is CCCNC(CCC1CCCN(S(C)(=O)=O)C1)COC. The summed E-state index contributed by atoms with van der Waals surface area (Å²) in [5.41, 5.74) is 0. The Morgan fingerprint density at radius 2 is 2.20 bits per heavy atom. The number of piperidine rings is 1. The minimum Gasteiger partial charge on any atom is -0.383 e. The number of methoxy groups -OCH3 is 1. The molecule has 0 spiro atoms. The summed E-state index contributed by atoms with van der Waals surface area (Å²) in [6.45, 7) is 5.26. The summed E-state index contributed by atoms with van der Waals surface area (Å²) in [6, 6.07) is 0.383. The molecule has 1 saturated heterocycles. The van der Waals surface area contributed by atoms with Crippen molar-refractivity contribution < 1.29 is 13.2 Å². The maximum absolute atomic E-state index is 11.6. The quantitative estimate of drug-likeness (QED) is 0.700. The highest BCUT2D eigenvalue weighted by Crippen LogP contribution is 2.23. The number of hydrogen-bond acceptors (Lipinski definition) is 4. The first kappa shape index (κ1) is 17.9. The molecule has 0 amide bonds. The van der Waals surface area contributed by atoms with Gasteiger partial charge in [-0.05, 0) is 44.6 Å². The van der Waals surface area contributed by atoms with Crippen molar-refractivity contribution in [2.75, 3.05) is 39.6 Å². The summed E-state index contributed by atoms with van der Waals surface area (Å²) in [7, 11) is -1.30. The minimum atomic E-state index is -3.03. The summed E-state index contributed by atoms with van der Waals surface area (Å²) in [4.78, 5) is 0. The van der Waals surface area contributed by atoms with Gasteiger partial charge in [-0.15, -0.1) is 0 Å². The van der Waals surface area contributed by atoms with Crippen molar-refractivity contribution in [1.82, 2.24) is 9.62 Å². The van der Waals surface area contributed by atoms with Gasteiger partial charge in [0.05, 0.1) is 12.9 Å². The van der Waals surface area contributed by atoms with Crippen LogP contribution in [0, 0.1) is 5.92 Å². The molecule has 6 heteroatoms. The van der Waals surface area contributed by atoms with Crippen molar-refractivity contribution in [2.45, 2.75) is 45.1 Å². The van der Waals surface area contributed by atoms with Crippen LogP contribution in [0.4, 0.5) is 0 Å². The molecule has 1 N–H and O–H groups in total. The summed E-state index contributed by atoms with van der Waals surface area (Å²) >= 11 is 0. The van der Waals surface area contributed by atoms with Crippen molar-refractivity contribution in [3.8, 4) is 0 Å². The zero-order chi connectivity index (χ0) is 15.0. The molecule has 120 valence electrons. The van der Waals surface area contributed by atoms with Crippen LogP contribution in [0.25, 0.3) is 0 Å². The molecule has 2 unspecified atom stereocenters. The summed E-state index contributed by atoms with van der Waals surface area (Å²) in [6.07, 6.45) is 6.67. The maximum Gasteiger partial charge on any atom is 0.211 e. The van der Waals surface area contributed by atoms with Crippen LogP contribution in [-0.2, 0) is 14.8 Å². The molecule has 0 aliphatic carbocycles. The molecular formula is C14H30N2O3S. The van der Waals surface area contributed by atoms with Crippen LogP contribution in [-0.4, -0.2) is 58.4 Å². The molecule has 0 aromatic carbocycles. The molecule has 1 rings (SSSR count). The van der Waals surface area contributed by atoms with Crippen molar-refractivity contribution in [2.24, 2.45) is 5.92 Å². The van der Waals surface area contributed by atoms with E-state index in [9.17, 15) is 8.42 Å². The predicted octanol–water partition coefficient (Wildman–Crippen LogP) is 1.45. The molecule has 0 radical (unpaired) electrons. The van der Waals surface area contributed by atoms with Crippen LogP contribution in [0.2, 0.25) is 0 Å². The summed E-state index contributed by atoms with van der Waals surface area (Å²) in [5, 5.41) is 3.49. The lowest BCUT2D eigenvalue weighted by atomic mass is 9.93. The van der Waals surface area contributed by atoms with Gasteiger partial charge in [-0.1, -0.05) is 6.92 Å². The van der Waals surface area contributed by atoms with E-state index in [1.54, 1.807) is 11.4 Å². The topological polar surface area (TPSA) is 58.6 Å². The van der Waals surface area contributed by atoms with Gasteiger partial charge in [0.15, 0.2) is 0 Å². The van der Waals surface area contributed by atoms with Crippen LogP contribution in [0.3, 0.4) is 0 Å². The highest BCUT2D eigenvalue weighted by Gasteiger charge is 2.26. The molecule has 1 heterocycles. The normalized spacial score (nSPS) is 22.9. The van der Waals surface area contributed by atoms with Crippen molar-refractivity contribution in [3.05, 3.63) is 0 Å². The highest BCUT2D eigenvalue weighted by molar-refractivity contribution is 7.88. The van der Waals surface area contributed by atoms with Gasteiger partial charge in [-0.2, -0.15) is 0 Å². The molecule has 5 nitrogen and oxygen atoms in total. The van der Waals surface area contributed by atoms with Gasteiger partial charge < -0.3 is 10.1 Å². The average molecular weight is 306 g/mol. The lowest BCUT2D eigenvalue weighted by molar-refractivity contribution is 0.154. The Kier molecular flexibility index (Phi) is 8.02. The van der Waals surface area contributed by atoms with Gasteiger partial charge in [-0.25, -0.2) is 12.7 Å². The first-order valence-electron chi connectivity index (χ1n) is 7.64. The number of nitrogens with one attached hydrogen (secondary N) is 1. The Bertz CT molecular complexity index is 359. The molecular weight excluding hydrogens is 276 g/mol. The Hall–Kier alpha value is -0.170. The third kappa shape index (κ3) is 6.52. The van der Waals surface area contributed by atoms with E-state index in [2.05, 4.69) is 12.2 Å². The number of hydrogen-bond donors (Lipinski definition) is 1. The van der Waals surface area contributed by atoms with Crippen molar-refractivity contribution >= 4 is 10.0 Å². The minimum absolute atomic E-state index is 0.383. The maximum atomic E-state index is 11.6. The Balaban J connectivity index is 2.38. The van der Waals surface area contributed by atoms with Gasteiger partial charge in [0, 0.05) is 26.2 Å². The van der Waals surface area contributed by atoms with Gasteiger partial charge in [0.1, 0.15) is 0 Å². The van der Waals surface area contributed by atoms with E-state index >= 15 is 0 Å². The highest BCUT2D eigenvalue weighted by atomic mass is 32.2. The van der Waals surface area contributed by atoms with Crippen molar-refractivity contribution in [1.29, 1.82) is 0 Å². The van der Waals surface area contributed by atoms with E-state index in [1.165, 1.54) is 6.26 Å². The van der Waals surface area contributed by atoms with Crippen LogP contribution in [0.5, 0.6) is 0 Å². The van der Waals surface area contributed by atoms with E-state index in [4.69, 9.17) is 4.74 Å². The van der Waals surface area contributed by atoms with Gasteiger partial charge >= 0.3 is 0 Å². The summed E-state index contributed by atoms with van der Waals surface area (Å²) < 4.78 is 30.1. The number of sulfonamides is 1. The second-order valence-corrected chi connectivity index (χ2v) is 7.80. The van der Waals surface area contributed by atoms with E-state index in [0.29, 0.717) is 25.0 Å². The lowest BCUT2D eigenvalue weighted by Gasteiger charge is -2.31. The second kappa shape index (κ2) is 8.97.